The van der Waals surface area contributed by atoms with E-state index in [4.69, 9.17) is 4.98 Å². The number of carbonyl (C=O) groups is 1. The van der Waals surface area contributed by atoms with E-state index in [-0.39, 0.29) is 16.6 Å². The van der Waals surface area contributed by atoms with Gasteiger partial charge in [0.05, 0.1) is 27.4 Å². The molecule has 0 radical (unpaired) electrons. The summed E-state index contributed by atoms with van der Waals surface area (Å²) in [7, 11) is -3.33. The summed E-state index contributed by atoms with van der Waals surface area (Å²) >= 11 is 3.11. The number of amides is 1. The smallest absolute Gasteiger partial charge is 0.260 e. The predicted molar refractivity (Wildman–Crippen MR) is 130 cm³/mol. The molecule has 0 fully saturated rings. The van der Waals surface area contributed by atoms with Crippen LogP contribution in [0.1, 0.15) is 22.8 Å². The molecule has 0 saturated carbocycles. The maximum Gasteiger partial charge on any atom is 0.260 e. The number of rotatable bonds is 7. The number of nitrogens with zero attached hydrogens (tertiary/aromatic N) is 3. The number of thiazole rings is 1. The number of thioether (sulfide) groups is 1. The Morgan fingerprint density at radius 2 is 1.91 bits per heavy atom. The van der Waals surface area contributed by atoms with Gasteiger partial charge in [-0.1, -0.05) is 24.3 Å². The lowest BCUT2D eigenvalue weighted by molar-refractivity contribution is 0.0985. The summed E-state index contributed by atoms with van der Waals surface area (Å²) in [6.45, 7) is 1.90. The zero-order chi connectivity index (χ0) is 22.7. The van der Waals surface area contributed by atoms with Crippen molar-refractivity contribution in [3.8, 4) is 0 Å². The molecule has 32 heavy (non-hydrogen) atoms. The Balaban J connectivity index is 1.73. The number of carbonyl (C=O) groups excluding carboxylic acids is 1. The van der Waals surface area contributed by atoms with E-state index in [0.29, 0.717) is 17.2 Å². The normalized spacial score (nSPS) is 11.6. The summed E-state index contributed by atoms with van der Waals surface area (Å²) < 4.78 is 25.2. The molecular weight excluding hydrogens is 462 g/mol. The standard InChI is InChI=1S/C23H21N3O3S3/c1-3-32(28,29)19-9-6-17(7-10-19)22(27)26(15-16-5-4-12-24-14-16)23-25-20-11-8-18(30-2)13-21(20)31-23/h4-14H,3,15H2,1-2H3. The van der Waals surface area contributed by atoms with E-state index in [1.54, 1.807) is 48.1 Å². The molecule has 164 valence electrons. The third-order valence-electron chi connectivity index (χ3n) is 4.96. The minimum absolute atomic E-state index is 0.0111. The Kier molecular flexibility index (Phi) is 6.59. The van der Waals surface area contributed by atoms with Crippen LogP contribution in [0.5, 0.6) is 0 Å². The van der Waals surface area contributed by atoms with Crippen molar-refractivity contribution >= 4 is 54.2 Å². The molecule has 2 aromatic heterocycles. The van der Waals surface area contributed by atoms with E-state index in [1.165, 1.54) is 23.5 Å². The molecule has 0 atom stereocenters. The highest BCUT2D eigenvalue weighted by atomic mass is 32.2. The van der Waals surface area contributed by atoms with Crippen LogP contribution in [-0.2, 0) is 16.4 Å². The summed E-state index contributed by atoms with van der Waals surface area (Å²) in [5.74, 6) is -0.240. The molecule has 0 unspecified atom stereocenters. The number of benzene rings is 2. The first-order valence-electron chi connectivity index (χ1n) is 9.89. The predicted octanol–water partition coefficient (Wildman–Crippen LogP) is 5.05. The molecule has 0 aliphatic rings. The Labute approximate surface area is 195 Å². The maximum atomic E-state index is 13.5. The Hall–Kier alpha value is -2.75. The molecule has 0 spiro atoms. The van der Waals surface area contributed by atoms with Gasteiger partial charge in [0, 0.05) is 22.9 Å². The molecule has 4 rings (SSSR count). The molecule has 0 aliphatic heterocycles. The third-order valence-corrected chi connectivity index (χ3v) is 8.48. The van der Waals surface area contributed by atoms with E-state index < -0.39 is 9.84 Å². The van der Waals surface area contributed by atoms with Crippen molar-refractivity contribution in [1.29, 1.82) is 0 Å². The van der Waals surface area contributed by atoms with Gasteiger partial charge in [0.1, 0.15) is 0 Å². The largest absolute Gasteiger partial charge is 0.279 e. The van der Waals surface area contributed by atoms with Gasteiger partial charge in [-0.15, -0.1) is 11.8 Å². The second kappa shape index (κ2) is 9.40. The summed E-state index contributed by atoms with van der Waals surface area (Å²) in [6.07, 6.45) is 5.42. The quantitative estimate of drug-likeness (QED) is 0.342. The number of sulfone groups is 1. The van der Waals surface area contributed by atoms with Crippen molar-refractivity contribution in [2.45, 2.75) is 23.3 Å². The van der Waals surface area contributed by atoms with Crippen molar-refractivity contribution in [3.63, 3.8) is 0 Å². The van der Waals surface area contributed by atoms with Crippen LogP contribution in [0.15, 0.2) is 76.8 Å². The van der Waals surface area contributed by atoms with Crippen LogP contribution in [0, 0.1) is 0 Å². The van der Waals surface area contributed by atoms with Gasteiger partial charge in [-0.3, -0.25) is 14.7 Å². The fraction of sp³-hybridized carbons (Fsp3) is 0.174. The lowest BCUT2D eigenvalue weighted by atomic mass is 10.2. The Morgan fingerprint density at radius 1 is 1.12 bits per heavy atom. The molecule has 0 N–H and O–H groups in total. The van der Waals surface area contributed by atoms with Gasteiger partial charge in [-0.25, -0.2) is 13.4 Å². The zero-order valence-electron chi connectivity index (χ0n) is 17.6. The van der Waals surface area contributed by atoms with E-state index in [0.717, 1.165) is 20.7 Å². The minimum Gasteiger partial charge on any atom is -0.279 e. The number of hydrogen-bond donors (Lipinski definition) is 0. The van der Waals surface area contributed by atoms with Crippen LogP contribution in [0.3, 0.4) is 0 Å². The number of hydrogen-bond acceptors (Lipinski definition) is 7. The molecule has 2 heterocycles. The fourth-order valence-corrected chi connectivity index (χ4v) is 5.56. The van der Waals surface area contributed by atoms with E-state index in [9.17, 15) is 13.2 Å². The van der Waals surface area contributed by atoms with Crippen LogP contribution in [0.25, 0.3) is 10.2 Å². The molecule has 4 aromatic rings. The average molecular weight is 484 g/mol. The average Bonchev–Trinajstić information content (AvgIpc) is 3.25. The van der Waals surface area contributed by atoms with E-state index in [2.05, 4.69) is 11.1 Å². The van der Waals surface area contributed by atoms with Crippen LogP contribution < -0.4 is 4.90 Å². The molecule has 1 amide bonds. The third kappa shape index (κ3) is 4.69. The van der Waals surface area contributed by atoms with Crippen LogP contribution in [-0.4, -0.2) is 36.3 Å². The number of pyridine rings is 1. The lowest BCUT2D eigenvalue weighted by Crippen LogP contribution is -2.30. The number of aromatic nitrogens is 2. The Morgan fingerprint density at radius 3 is 2.56 bits per heavy atom. The number of fused-ring (bicyclic) bond motifs is 1. The van der Waals surface area contributed by atoms with Crippen LogP contribution in [0.4, 0.5) is 5.13 Å². The summed E-state index contributed by atoms with van der Waals surface area (Å²) in [6, 6.07) is 15.8. The highest BCUT2D eigenvalue weighted by Crippen LogP contribution is 2.33. The Bertz CT molecular complexity index is 1350. The second-order valence-corrected chi connectivity index (χ2v) is 11.2. The molecule has 0 bridgehead atoms. The van der Waals surface area contributed by atoms with Crippen molar-refractivity contribution in [1.82, 2.24) is 9.97 Å². The van der Waals surface area contributed by atoms with Crippen molar-refractivity contribution in [3.05, 3.63) is 78.1 Å². The molecule has 9 heteroatoms. The van der Waals surface area contributed by atoms with Crippen molar-refractivity contribution < 1.29 is 13.2 Å². The molecule has 0 saturated heterocycles. The van der Waals surface area contributed by atoms with Gasteiger partial charge >= 0.3 is 0 Å². The SMILES string of the molecule is CCS(=O)(=O)c1ccc(C(=O)N(Cc2cccnc2)c2nc3ccc(SC)cc3s2)cc1. The van der Waals surface area contributed by atoms with Crippen LogP contribution in [0.2, 0.25) is 0 Å². The first-order chi connectivity index (χ1) is 15.4. The van der Waals surface area contributed by atoms with Gasteiger partial charge in [0.25, 0.3) is 5.91 Å². The second-order valence-electron chi connectivity index (χ2n) is 7.01. The summed E-state index contributed by atoms with van der Waals surface area (Å²) in [5.41, 5.74) is 2.10. The molecular formula is C23H21N3O3S3. The summed E-state index contributed by atoms with van der Waals surface area (Å²) in [4.78, 5) is 25.3. The van der Waals surface area contributed by atoms with Gasteiger partial charge in [0.15, 0.2) is 15.0 Å². The first-order valence-corrected chi connectivity index (χ1v) is 13.6. The zero-order valence-corrected chi connectivity index (χ0v) is 20.0. The topological polar surface area (TPSA) is 80.2 Å². The minimum atomic E-state index is -3.33. The van der Waals surface area contributed by atoms with Gasteiger partial charge in [-0.2, -0.15) is 0 Å². The van der Waals surface area contributed by atoms with Crippen LogP contribution >= 0.6 is 23.1 Å². The first kappa shape index (κ1) is 22.4. The van der Waals surface area contributed by atoms with E-state index in [1.807, 2.05) is 30.5 Å². The van der Waals surface area contributed by atoms with Gasteiger partial charge in [0.2, 0.25) is 0 Å². The molecule has 2 aromatic carbocycles. The molecule has 6 nitrogen and oxygen atoms in total. The van der Waals surface area contributed by atoms with Gasteiger partial charge in [-0.05, 0) is 60.4 Å². The highest BCUT2D eigenvalue weighted by molar-refractivity contribution is 7.98. The van der Waals surface area contributed by atoms with Crippen molar-refractivity contribution in [2.24, 2.45) is 0 Å². The lowest BCUT2D eigenvalue weighted by Gasteiger charge is -2.20. The summed E-state index contributed by atoms with van der Waals surface area (Å²) in [5, 5.41) is 0.581. The van der Waals surface area contributed by atoms with Crippen molar-refractivity contribution in [2.75, 3.05) is 16.9 Å². The highest BCUT2D eigenvalue weighted by Gasteiger charge is 2.23. The molecule has 0 aliphatic carbocycles. The number of anilines is 1. The van der Waals surface area contributed by atoms with Gasteiger partial charge < -0.3 is 0 Å². The monoisotopic (exact) mass is 483 g/mol. The fourth-order valence-electron chi connectivity index (χ4n) is 3.16. The maximum absolute atomic E-state index is 13.5. The van der Waals surface area contributed by atoms with E-state index >= 15 is 0 Å².